The first kappa shape index (κ1) is 15.4. The van der Waals surface area contributed by atoms with Crippen LogP contribution in [-0.4, -0.2) is 39.6 Å². The molecule has 0 atom stereocenters. The van der Waals surface area contributed by atoms with Crippen molar-refractivity contribution in [2.24, 2.45) is 7.05 Å². The molecule has 1 aromatic heterocycles. The fraction of sp³-hybridized carbons (Fsp3) is 0.846. The Labute approximate surface area is 120 Å². The van der Waals surface area contributed by atoms with Crippen LogP contribution in [-0.2, 0) is 29.1 Å². The van der Waals surface area contributed by atoms with E-state index in [9.17, 15) is 13.5 Å². The average molecular weight is 301 g/mol. The number of rotatable bonds is 5. The summed E-state index contributed by atoms with van der Waals surface area (Å²) < 4.78 is 26.3. The molecule has 1 aliphatic rings. The first-order valence-corrected chi connectivity index (χ1v) is 8.97. The summed E-state index contributed by atoms with van der Waals surface area (Å²) in [7, 11) is -1.61. The van der Waals surface area contributed by atoms with Crippen LogP contribution in [0.4, 0.5) is 0 Å². The van der Waals surface area contributed by atoms with Gasteiger partial charge in [-0.15, -0.1) is 10.2 Å². The van der Waals surface area contributed by atoms with Gasteiger partial charge in [0.1, 0.15) is 17.4 Å². The maximum Gasteiger partial charge on any atom is 0.160 e. The molecule has 0 bridgehead atoms. The molecule has 0 saturated heterocycles. The number of aromatic nitrogens is 3. The predicted octanol–water partition coefficient (Wildman–Crippen LogP) is 0.987. The Morgan fingerprint density at radius 2 is 1.80 bits per heavy atom. The molecule has 2 rings (SSSR count). The van der Waals surface area contributed by atoms with Crippen LogP contribution in [0.2, 0.25) is 0 Å². The lowest BCUT2D eigenvalue weighted by Gasteiger charge is -2.31. The molecule has 20 heavy (non-hydrogen) atoms. The van der Waals surface area contributed by atoms with Gasteiger partial charge < -0.3 is 9.67 Å². The van der Waals surface area contributed by atoms with Crippen molar-refractivity contribution in [1.29, 1.82) is 0 Å². The van der Waals surface area contributed by atoms with Crippen LogP contribution in [0.3, 0.4) is 0 Å². The molecule has 0 spiro atoms. The zero-order chi connectivity index (χ0) is 14.8. The van der Waals surface area contributed by atoms with Crippen molar-refractivity contribution in [1.82, 2.24) is 14.8 Å². The first-order chi connectivity index (χ1) is 9.35. The minimum absolute atomic E-state index is 0.154. The van der Waals surface area contributed by atoms with Gasteiger partial charge in [-0.2, -0.15) is 0 Å². The third kappa shape index (κ3) is 3.58. The molecule has 0 radical (unpaired) electrons. The molecule has 1 aliphatic carbocycles. The van der Waals surface area contributed by atoms with E-state index in [4.69, 9.17) is 0 Å². The van der Waals surface area contributed by atoms with E-state index in [0.29, 0.717) is 25.1 Å². The SMILES string of the molecule is CCc1nnc(CS(=O)(=O)CC2(O)CCCCC2)n1C. The van der Waals surface area contributed by atoms with Crippen molar-refractivity contribution in [2.75, 3.05) is 5.75 Å². The van der Waals surface area contributed by atoms with Gasteiger partial charge in [0.2, 0.25) is 0 Å². The van der Waals surface area contributed by atoms with E-state index in [0.717, 1.165) is 25.1 Å². The maximum absolute atomic E-state index is 12.3. The smallest absolute Gasteiger partial charge is 0.160 e. The van der Waals surface area contributed by atoms with Gasteiger partial charge in [-0.1, -0.05) is 26.2 Å². The highest BCUT2D eigenvalue weighted by atomic mass is 32.2. The second kappa shape index (κ2) is 5.81. The Morgan fingerprint density at radius 1 is 1.20 bits per heavy atom. The van der Waals surface area contributed by atoms with Crippen molar-refractivity contribution in [3.8, 4) is 0 Å². The Hall–Kier alpha value is -0.950. The first-order valence-electron chi connectivity index (χ1n) is 7.15. The van der Waals surface area contributed by atoms with Gasteiger partial charge in [0.15, 0.2) is 9.84 Å². The van der Waals surface area contributed by atoms with E-state index in [-0.39, 0.29) is 11.5 Å². The predicted molar refractivity (Wildman–Crippen MR) is 75.9 cm³/mol. The van der Waals surface area contributed by atoms with Crippen molar-refractivity contribution in [3.05, 3.63) is 11.6 Å². The number of nitrogens with zero attached hydrogens (tertiary/aromatic N) is 3. The van der Waals surface area contributed by atoms with E-state index in [1.165, 1.54) is 0 Å². The lowest BCUT2D eigenvalue weighted by atomic mass is 9.86. The summed E-state index contributed by atoms with van der Waals surface area (Å²) in [5.41, 5.74) is -1.05. The fourth-order valence-electron chi connectivity index (χ4n) is 2.84. The van der Waals surface area contributed by atoms with Gasteiger partial charge in [0.25, 0.3) is 0 Å². The van der Waals surface area contributed by atoms with Gasteiger partial charge in [0.05, 0.1) is 11.4 Å². The number of hydrogen-bond donors (Lipinski definition) is 1. The summed E-state index contributed by atoms with van der Waals surface area (Å²) in [4.78, 5) is 0. The summed E-state index contributed by atoms with van der Waals surface area (Å²) in [6, 6.07) is 0. The summed E-state index contributed by atoms with van der Waals surface area (Å²) in [6.45, 7) is 1.95. The molecule has 0 aliphatic heterocycles. The minimum atomic E-state index is -3.38. The molecule has 1 aromatic rings. The second-order valence-corrected chi connectivity index (χ2v) is 7.83. The van der Waals surface area contributed by atoms with Crippen molar-refractivity contribution in [3.63, 3.8) is 0 Å². The van der Waals surface area contributed by atoms with Crippen LogP contribution >= 0.6 is 0 Å². The van der Waals surface area contributed by atoms with Crippen LogP contribution in [0.25, 0.3) is 0 Å². The van der Waals surface area contributed by atoms with Crippen LogP contribution < -0.4 is 0 Å². The Bertz CT molecular complexity index is 559. The lowest BCUT2D eigenvalue weighted by Crippen LogP contribution is -2.39. The zero-order valence-corrected chi connectivity index (χ0v) is 13.0. The van der Waals surface area contributed by atoms with Gasteiger partial charge in [-0.25, -0.2) is 8.42 Å². The topological polar surface area (TPSA) is 85.1 Å². The molecule has 1 fully saturated rings. The molecule has 1 saturated carbocycles. The highest BCUT2D eigenvalue weighted by Gasteiger charge is 2.35. The summed E-state index contributed by atoms with van der Waals surface area (Å²) in [6.07, 6.45) is 4.74. The molecule has 6 nitrogen and oxygen atoms in total. The van der Waals surface area contributed by atoms with Gasteiger partial charge in [0, 0.05) is 13.5 Å². The van der Waals surface area contributed by atoms with Gasteiger partial charge in [-0.3, -0.25) is 0 Å². The summed E-state index contributed by atoms with van der Waals surface area (Å²) >= 11 is 0. The summed E-state index contributed by atoms with van der Waals surface area (Å²) in [5, 5.41) is 18.3. The zero-order valence-electron chi connectivity index (χ0n) is 12.2. The minimum Gasteiger partial charge on any atom is -0.389 e. The van der Waals surface area contributed by atoms with Crippen molar-refractivity contribution >= 4 is 9.84 Å². The Kier molecular flexibility index (Phi) is 4.49. The maximum atomic E-state index is 12.3. The highest BCUT2D eigenvalue weighted by molar-refractivity contribution is 7.90. The monoisotopic (exact) mass is 301 g/mol. The third-order valence-electron chi connectivity index (χ3n) is 3.99. The number of sulfone groups is 1. The van der Waals surface area contributed by atoms with Crippen LogP contribution in [0.5, 0.6) is 0 Å². The van der Waals surface area contributed by atoms with E-state index in [2.05, 4.69) is 10.2 Å². The van der Waals surface area contributed by atoms with Crippen molar-refractivity contribution in [2.45, 2.75) is 56.8 Å². The largest absolute Gasteiger partial charge is 0.389 e. The molecule has 1 heterocycles. The van der Waals surface area contributed by atoms with E-state index >= 15 is 0 Å². The molecular weight excluding hydrogens is 278 g/mol. The van der Waals surface area contributed by atoms with Crippen LogP contribution in [0.15, 0.2) is 0 Å². The molecule has 114 valence electrons. The van der Waals surface area contributed by atoms with E-state index in [1.807, 2.05) is 6.92 Å². The quantitative estimate of drug-likeness (QED) is 0.876. The third-order valence-corrected chi connectivity index (χ3v) is 5.67. The van der Waals surface area contributed by atoms with Crippen molar-refractivity contribution < 1.29 is 13.5 Å². The summed E-state index contributed by atoms with van der Waals surface area (Å²) in [5.74, 6) is 0.889. The normalized spacial score (nSPS) is 19.1. The van der Waals surface area contributed by atoms with Crippen LogP contribution in [0, 0.1) is 0 Å². The molecule has 0 aromatic carbocycles. The van der Waals surface area contributed by atoms with Gasteiger partial charge in [-0.05, 0) is 12.8 Å². The second-order valence-electron chi connectivity index (χ2n) is 5.76. The van der Waals surface area contributed by atoms with E-state index < -0.39 is 15.4 Å². The van der Waals surface area contributed by atoms with Gasteiger partial charge >= 0.3 is 0 Å². The molecule has 0 amide bonds. The Balaban J connectivity index is 2.08. The standard InChI is InChI=1S/C13H23N3O3S/c1-3-11-14-15-12(16(11)2)9-20(18,19)10-13(17)7-5-4-6-8-13/h17H,3-10H2,1-2H3. The number of hydrogen-bond acceptors (Lipinski definition) is 5. The average Bonchev–Trinajstić information content (AvgIpc) is 2.69. The highest BCUT2D eigenvalue weighted by Crippen LogP contribution is 2.29. The van der Waals surface area contributed by atoms with Crippen LogP contribution in [0.1, 0.15) is 50.7 Å². The molecule has 7 heteroatoms. The number of aliphatic hydroxyl groups is 1. The Morgan fingerprint density at radius 3 is 2.35 bits per heavy atom. The number of aryl methyl sites for hydroxylation is 1. The van der Waals surface area contributed by atoms with E-state index in [1.54, 1.807) is 11.6 Å². The fourth-order valence-corrected chi connectivity index (χ4v) is 4.70. The lowest BCUT2D eigenvalue weighted by molar-refractivity contribution is 0.0257. The molecule has 1 N–H and O–H groups in total. The molecular formula is C13H23N3O3S. The molecule has 0 unspecified atom stereocenters.